The summed E-state index contributed by atoms with van der Waals surface area (Å²) in [5, 5.41) is 4.78. The maximum absolute atomic E-state index is 11.8. The number of aromatic nitrogens is 3. The van der Waals surface area contributed by atoms with Crippen molar-refractivity contribution in [3.05, 3.63) is 49.6 Å². The summed E-state index contributed by atoms with van der Waals surface area (Å²) < 4.78 is 3.74. The molecule has 17 heavy (non-hydrogen) atoms. The highest BCUT2D eigenvalue weighted by molar-refractivity contribution is 9.10. The molecule has 6 heteroatoms. The first kappa shape index (κ1) is 12.4. The summed E-state index contributed by atoms with van der Waals surface area (Å²) in [6.45, 7) is 2.31. The van der Waals surface area contributed by atoms with E-state index in [9.17, 15) is 4.79 Å². The third kappa shape index (κ3) is 2.30. The summed E-state index contributed by atoms with van der Waals surface area (Å²) in [5.74, 6) is 0. The van der Waals surface area contributed by atoms with Crippen LogP contribution in [0.15, 0.2) is 27.6 Å². The Balaban J connectivity index is 2.45. The van der Waals surface area contributed by atoms with E-state index in [0.717, 1.165) is 11.3 Å². The van der Waals surface area contributed by atoms with Gasteiger partial charge in [-0.1, -0.05) is 11.6 Å². The summed E-state index contributed by atoms with van der Waals surface area (Å²) >= 11 is 9.34. The minimum Gasteiger partial charge on any atom is -0.310 e. The first-order chi connectivity index (χ1) is 8.00. The number of pyridine rings is 1. The fourth-order valence-electron chi connectivity index (χ4n) is 1.66. The van der Waals surface area contributed by atoms with Crippen LogP contribution in [0.4, 0.5) is 0 Å². The molecule has 2 aromatic rings. The highest BCUT2D eigenvalue weighted by Gasteiger charge is 2.12. The van der Waals surface area contributed by atoms with Crippen LogP contribution >= 0.6 is 27.5 Å². The van der Waals surface area contributed by atoms with Gasteiger partial charge in [0.25, 0.3) is 5.56 Å². The number of nitrogens with zero attached hydrogens (tertiary/aromatic N) is 3. The largest absolute Gasteiger partial charge is 0.310 e. The van der Waals surface area contributed by atoms with Crippen molar-refractivity contribution >= 4 is 27.5 Å². The molecule has 0 aliphatic heterocycles. The lowest BCUT2D eigenvalue weighted by Gasteiger charge is -2.05. The number of rotatable bonds is 2. The molecule has 0 aliphatic carbocycles. The molecule has 0 spiro atoms. The molecule has 0 radical (unpaired) electrons. The van der Waals surface area contributed by atoms with Crippen molar-refractivity contribution in [1.82, 2.24) is 14.3 Å². The van der Waals surface area contributed by atoms with E-state index in [1.807, 2.05) is 13.0 Å². The molecule has 4 nitrogen and oxygen atoms in total. The van der Waals surface area contributed by atoms with E-state index in [1.54, 1.807) is 28.6 Å². The second-order valence-corrected chi connectivity index (χ2v) is 4.98. The Hall–Kier alpha value is -1.07. The second kappa shape index (κ2) is 4.66. The Morgan fingerprint density at radius 1 is 1.53 bits per heavy atom. The van der Waals surface area contributed by atoms with Crippen LogP contribution in [0.3, 0.4) is 0 Å². The SMILES string of the molecule is Cc1nn(C)c(Cl)c1Cn1cccc(Br)c1=O. The Morgan fingerprint density at radius 2 is 2.24 bits per heavy atom. The normalized spacial score (nSPS) is 10.8. The maximum atomic E-state index is 11.8. The van der Waals surface area contributed by atoms with E-state index in [0.29, 0.717) is 16.2 Å². The van der Waals surface area contributed by atoms with Crippen molar-refractivity contribution in [3.63, 3.8) is 0 Å². The molecular formula is C11H11BrClN3O. The monoisotopic (exact) mass is 315 g/mol. The van der Waals surface area contributed by atoms with Crippen molar-refractivity contribution in [2.45, 2.75) is 13.5 Å². The van der Waals surface area contributed by atoms with Gasteiger partial charge in [-0.2, -0.15) is 5.10 Å². The fourth-order valence-corrected chi connectivity index (χ4v) is 2.27. The molecule has 0 unspecified atom stereocenters. The number of hydrogen-bond donors (Lipinski definition) is 0. The lowest BCUT2D eigenvalue weighted by Crippen LogP contribution is -2.20. The van der Waals surface area contributed by atoms with Gasteiger partial charge in [-0.25, -0.2) is 0 Å². The molecule has 0 fully saturated rings. The Labute approximate surface area is 112 Å². The zero-order valence-electron chi connectivity index (χ0n) is 9.44. The topological polar surface area (TPSA) is 39.8 Å². The first-order valence-corrected chi connectivity index (χ1v) is 6.20. The molecule has 0 saturated heterocycles. The molecule has 0 aromatic carbocycles. The molecule has 2 rings (SSSR count). The van der Waals surface area contributed by atoms with Gasteiger partial charge in [0, 0.05) is 18.8 Å². The van der Waals surface area contributed by atoms with E-state index in [4.69, 9.17) is 11.6 Å². The summed E-state index contributed by atoms with van der Waals surface area (Å²) in [7, 11) is 1.78. The Kier molecular flexibility index (Phi) is 3.40. The van der Waals surface area contributed by atoms with Crippen LogP contribution in [0.25, 0.3) is 0 Å². The molecular weight excluding hydrogens is 305 g/mol. The number of aryl methyl sites for hydroxylation is 2. The zero-order chi connectivity index (χ0) is 12.6. The van der Waals surface area contributed by atoms with Gasteiger partial charge in [0.15, 0.2) is 0 Å². The van der Waals surface area contributed by atoms with Gasteiger partial charge in [-0.15, -0.1) is 0 Å². The standard InChI is InChI=1S/C11H11BrClN3O/c1-7-8(10(13)15(2)14-7)6-16-5-3-4-9(12)11(16)17/h3-5H,6H2,1-2H3. The van der Waals surface area contributed by atoms with E-state index in [1.165, 1.54) is 0 Å². The van der Waals surface area contributed by atoms with Crippen molar-refractivity contribution in [1.29, 1.82) is 0 Å². The van der Waals surface area contributed by atoms with E-state index >= 15 is 0 Å². The van der Waals surface area contributed by atoms with Gasteiger partial charge < -0.3 is 4.57 Å². The quantitative estimate of drug-likeness (QED) is 0.853. The van der Waals surface area contributed by atoms with Crippen LogP contribution in [-0.4, -0.2) is 14.3 Å². The first-order valence-electron chi connectivity index (χ1n) is 5.03. The molecule has 0 bridgehead atoms. The van der Waals surface area contributed by atoms with Crippen LogP contribution in [0.2, 0.25) is 5.15 Å². The molecule has 0 atom stereocenters. The fraction of sp³-hybridized carbons (Fsp3) is 0.273. The highest BCUT2D eigenvalue weighted by atomic mass is 79.9. The summed E-state index contributed by atoms with van der Waals surface area (Å²) in [4.78, 5) is 11.8. The van der Waals surface area contributed by atoms with Crippen molar-refractivity contribution < 1.29 is 0 Å². The van der Waals surface area contributed by atoms with E-state index < -0.39 is 0 Å². The van der Waals surface area contributed by atoms with Crippen molar-refractivity contribution in [2.75, 3.05) is 0 Å². The van der Waals surface area contributed by atoms with Crippen molar-refractivity contribution in [2.24, 2.45) is 7.05 Å². The molecule has 0 aliphatic rings. The smallest absolute Gasteiger partial charge is 0.265 e. The molecule has 0 amide bonds. The predicted molar refractivity (Wildman–Crippen MR) is 70.5 cm³/mol. The van der Waals surface area contributed by atoms with Gasteiger partial charge in [-0.3, -0.25) is 9.48 Å². The van der Waals surface area contributed by atoms with Gasteiger partial charge in [0.2, 0.25) is 0 Å². The van der Waals surface area contributed by atoms with Crippen molar-refractivity contribution in [3.8, 4) is 0 Å². The third-order valence-electron chi connectivity index (χ3n) is 2.57. The lowest BCUT2D eigenvalue weighted by molar-refractivity contribution is 0.747. The summed E-state index contributed by atoms with van der Waals surface area (Å²) in [5.41, 5.74) is 1.63. The summed E-state index contributed by atoms with van der Waals surface area (Å²) in [6.07, 6.45) is 1.73. The van der Waals surface area contributed by atoms with Crippen LogP contribution in [0.1, 0.15) is 11.3 Å². The molecule has 90 valence electrons. The van der Waals surface area contributed by atoms with Gasteiger partial charge in [0.1, 0.15) is 5.15 Å². The zero-order valence-corrected chi connectivity index (χ0v) is 11.8. The minimum absolute atomic E-state index is 0.0770. The maximum Gasteiger partial charge on any atom is 0.265 e. The molecule has 2 heterocycles. The molecule has 0 N–H and O–H groups in total. The van der Waals surface area contributed by atoms with E-state index in [2.05, 4.69) is 21.0 Å². The van der Waals surface area contributed by atoms with E-state index in [-0.39, 0.29) is 5.56 Å². The molecule has 2 aromatic heterocycles. The van der Waals surface area contributed by atoms with Crippen LogP contribution in [0.5, 0.6) is 0 Å². The number of halogens is 2. The Morgan fingerprint density at radius 3 is 2.82 bits per heavy atom. The average molecular weight is 317 g/mol. The van der Waals surface area contributed by atoms with Crippen LogP contribution < -0.4 is 5.56 Å². The lowest BCUT2D eigenvalue weighted by atomic mass is 10.2. The summed E-state index contributed by atoms with van der Waals surface area (Å²) in [6, 6.07) is 3.53. The second-order valence-electron chi connectivity index (χ2n) is 3.77. The number of hydrogen-bond acceptors (Lipinski definition) is 2. The highest BCUT2D eigenvalue weighted by Crippen LogP contribution is 2.19. The Bertz CT molecular complexity index is 618. The van der Waals surface area contributed by atoms with Gasteiger partial charge >= 0.3 is 0 Å². The van der Waals surface area contributed by atoms with Crippen LogP contribution in [0, 0.1) is 6.92 Å². The van der Waals surface area contributed by atoms with Gasteiger partial charge in [-0.05, 0) is 35.0 Å². The van der Waals surface area contributed by atoms with Crippen LogP contribution in [-0.2, 0) is 13.6 Å². The average Bonchev–Trinajstić information content (AvgIpc) is 2.51. The molecule has 0 saturated carbocycles. The predicted octanol–water partition coefficient (Wildman–Crippen LogP) is 2.35. The minimum atomic E-state index is -0.0770. The van der Waals surface area contributed by atoms with Gasteiger partial charge in [0.05, 0.1) is 16.7 Å². The third-order valence-corrected chi connectivity index (χ3v) is 3.65.